The van der Waals surface area contributed by atoms with Gasteiger partial charge >= 0.3 is 6.18 Å². The van der Waals surface area contributed by atoms with E-state index in [-0.39, 0.29) is 5.75 Å². The van der Waals surface area contributed by atoms with Crippen molar-refractivity contribution in [3.05, 3.63) is 72.3 Å². The van der Waals surface area contributed by atoms with E-state index < -0.39 is 17.5 Å². The van der Waals surface area contributed by atoms with E-state index in [9.17, 15) is 23.4 Å². The Bertz CT molecular complexity index is 946. The van der Waals surface area contributed by atoms with E-state index >= 15 is 0 Å². The maximum absolute atomic E-state index is 11.9. The summed E-state index contributed by atoms with van der Waals surface area (Å²) in [6.45, 7) is 0. The molecule has 3 rings (SSSR count). The van der Waals surface area contributed by atoms with Gasteiger partial charge in [0.05, 0.1) is 16.1 Å². The van der Waals surface area contributed by atoms with Gasteiger partial charge in [-0.25, -0.2) is 0 Å². The molecule has 0 unspecified atom stereocenters. The molecule has 168 valence electrons. The number of aromatic hydroxyl groups is 3. The highest BCUT2D eigenvalue weighted by molar-refractivity contribution is 7.98. The molecule has 0 radical (unpaired) electrons. The highest BCUT2D eigenvalue weighted by Gasteiger charge is 2.33. The van der Waals surface area contributed by atoms with Crippen LogP contribution in [0.5, 0.6) is 17.2 Å². The zero-order valence-corrected chi connectivity index (χ0v) is 18.1. The standard InChI is InChI=1S/C8H11NO.C7H5F3O.C7H9NOS/c1-9(2)7-5-3-4-6-8(7)10;8-7(9,10)5-3-1-2-4-6(5)11;1-10-7-5(8)3-2-4-6(7)9/h3-6,10H,1-2H3;1-4,11H;2-4,9H,8H2,1H3. The molecule has 5 N–H and O–H groups in total. The van der Waals surface area contributed by atoms with E-state index in [0.717, 1.165) is 22.7 Å². The number of phenols is 3. The summed E-state index contributed by atoms with van der Waals surface area (Å²) in [6.07, 6.45) is -2.59. The maximum atomic E-state index is 11.9. The minimum absolute atomic E-state index is 0.257. The Morgan fingerprint density at radius 1 is 0.774 bits per heavy atom. The van der Waals surface area contributed by atoms with Crippen LogP contribution in [0, 0.1) is 0 Å². The Kier molecular flexibility index (Phi) is 9.88. The summed E-state index contributed by atoms with van der Waals surface area (Å²) in [5, 5.41) is 27.2. The summed E-state index contributed by atoms with van der Waals surface area (Å²) in [5.74, 6) is -0.153. The van der Waals surface area contributed by atoms with Crippen molar-refractivity contribution in [2.24, 2.45) is 0 Å². The van der Waals surface area contributed by atoms with E-state index in [1.54, 1.807) is 24.3 Å². The molecule has 0 atom stereocenters. The highest BCUT2D eigenvalue weighted by atomic mass is 32.2. The van der Waals surface area contributed by atoms with E-state index in [2.05, 4.69) is 0 Å². The van der Waals surface area contributed by atoms with Crippen LogP contribution in [0.1, 0.15) is 5.56 Å². The van der Waals surface area contributed by atoms with Crippen molar-refractivity contribution in [1.29, 1.82) is 0 Å². The molecule has 0 bridgehead atoms. The molecular formula is C22H25F3N2O3S. The lowest BCUT2D eigenvalue weighted by atomic mass is 10.2. The van der Waals surface area contributed by atoms with Crippen molar-refractivity contribution < 1.29 is 28.5 Å². The predicted molar refractivity (Wildman–Crippen MR) is 120 cm³/mol. The van der Waals surface area contributed by atoms with Crippen LogP contribution in [0.4, 0.5) is 24.5 Å². The summed E-state index contributed by atoms with van der Waals surface area (Å²) in [6, 6.07) is 16.8. The van der Waals surface area contributed by atoms with Gasteiger partial charge in [0.2, 0.25) is 0 Å². The van der Waals surface area contributed by atoms with Gasteiger partial charge in [0, 0.05) is 19.8 Å². The third-order valence-corrected chi connectivity index (χ3v) is 4.65. The van der Waals surface area contributed by atoms with Crippen LogP contribution in [0.15, 0.2) is 71.6 Å². The average molecular weight is 455 g/mol. The number of hydrogen-bond donors (Lipinski definition) is 4. The number of phenolic OH excluding ortho intramolecular Hbond substituents is 3. The van der Waals surface area contributed by atoms with Crippen molar-refractivity contribution in [3.63, 3.8) is 0 Å². The predicted octanol–water partition coefficient (Wildman–Crippen LogP) is 5.57. The molecule has 0 aliphatic heterocycles. The van der Waals surface area contributed by atoms with E-state index in [4.69, 9.17) is 10.8 Å². The summed E-state index contributed by atoms with van der Waals surface area (Å²) in [7, 11) is 3.80. The first-order chi connectivity index (χ1) is 14.5. The Morgan fingerprint density at radius 2 is 1.29 bits per heavy atom. The normalized spacial score (nSPS) is 10.3. The fourth-order valence-corrected chi connectivity index (χ4v) is 2.90. The van der Waals surface area contributed by atoms with Crippen LogP contribution >= 0.6 is 11.8 Å². The van der Waals surface area contributed by atoms with E-state index in [1.165, 1.54) is 23.9 Å². The van der Waals surface area contributed by atoms with Crippen LogP contribution in [-0.2, 0) is 6.18 Å². The van der Waals surface area contributed by atoms with Gasteiger partial charge in [-0.3, -0.25) is 0 Å². The topological polar surface area (TPSA) is 90.0 Å². The summed E-state index contributed by atoms with van der Waals surface area (Å²) in [4.78, 5) is 2.62. The van der Waals surface area contributed by atoms with Crippen molar-refractivity contribution in [2.75, 3.05) is 31.0 Å². The summed E-state index contributed by atoms with van der Waals surface area (Å²) >= 11 is 1.45. The van der Waals surface area contributed by atoms with Crippen LogP contribution in [0.25, 0.3) is 0 Å². The fraction of sp³-hybridized carbons (Fsp3) is 0.182. The molecule has 0 heterocycles. The largest absolute Gasteiger partial charge is 0.507 e. The average Bonchev–Trinajstić information content (AvgIpc) is 2.69. The van der Waals surface area contributed by atoms with Gasteiger partial charge in [0.25, 0.3) is 0 Å². The number of benzene rings is 3. The highest BCUT2D eigenvalue weighted by Crippen LogP contribution is 2.35. The number of anilines is 2. The third-order valence-electron chi connectivity index (χ3n) is 3.80. The number of thioether (sulfide) groups is 1. The molecule has 0 fully saturated rings. The van der Waals surface area contributed by atoms with Crippen LogP contribution in [0.3, 0.4) is 0 Å². The Labute approximate surface area is 183 Å². The number of alkyl halides is 3. The second-order valence-electron chi connectivity index (χ2n) is 6.30. The van der Waals surface area contributed by atoms with Gasteiger partial charge in [0.15, 0.2) is 0 Å². The Balaban J connectivity index is 0.000000233. The molecule has 0 aliphatic carbocycles. The first kappa shape index (κ1) is 25.8. The third kappa shape index (κ3) is 8.21. The van der Waals surface area contributed by atoms with Gasteiger partial charge in [0.1, 0.15) is 17.2 Å². The van der Waals surface area contributed by atoms with Crippen molar-refractivity contribution >= 4 is 23.1 Å². The van der Waals surface area contributed by atoms with Crippen LogP contribution < -0.4 is 10.6 Å². The number of hydrogen-bond acceptors (Lipinski definition) is 6. The molecular weight excluding hydrogens is 429 g/mol. The van der Waals surface area contributed by atoms with Gasteiger partial charge < -0.3 is 26.0 Å². The SMILES string of the molecule is CN(C)c1ccccc1O.CSc1c(N)cccc1O.Oc1ccccc1C(F)(F)F. The fourth-order valence-electron chi connectivity index (χ4n) is 2.32. The van der Waals surface area contributed by atoms with Gasteiger partial charge in [-0.15, -0.1) is 11.8 Å². The first-order valence-corrected chi connectivity index (χ1v) is 10.1. The lowest BCUT2D eigenvalue weighted by molar-refractivity contribution is -0.138. The van der Waals surface area contributed by atoms with E-state index in [1.807, 2.05) is 43.5 Å². The zero-order chi connectivity index (χ0) is 23.6. The lowest BCUT2D eigenvalue weighted by Crippen LogP contribution is -2.08. The molecule has 3 aromatic rings. The Morgan fingerprint density at radius 3 is 1.65 bits per heavy atom. The number of rotatable bonds is 2. The number of para-hydroxylation sites is 3. The number of nitrogens with zero attached hydrogens (tertiary/aromatic N) is 1. The molecule has 0 saturated heterocycles. The molecule has 3 aromatic carbocycles. The smallest absolute Gasteiger partial charge is 0.419 e. The van der Waals surface area contributed by atoms with Gasteiger partial charge in [-0.2, -0.15) is 13.2 Å². The minimum Gasteiger partial charge on any atom is -0.507 e. The van der Waals surface area contributed by atoms with Crippen molar-refractivity contribution in [1.82, 2.24) is 0 Å². The monoisotopic (exact) mass is 454 g/mol. The lowest BCUT2D eigenvalue weighted by Gasteiger charge is -2.12. The number of halogens is 3. The zero-order valence-electron chi connectivity index (χ0n) is 17.3. The second kappa shape index (κ2) is 11.8. The summed E-state index contributed by atoms with van der Waals surface area (Å²) < 4.78 is 35.7. The summed E-state index contributed by atoms with van der Waals surface area (Å²) in [5.41, 5.74) is 6.03. The molecule has 9 heteroatoms. The maximum Gasteiger partial charge on any atom is 0.419 e. The van der Waals surface area contributed by atoms with Crippen molar-refractivity contribution in [2.45, 2.75) is 11.1 Å². The minimum atomic E-state index is -4.47. The van der Waals surface area contributed by atoms with Gasteiger partial charge in [-0.05, 0) is 42.7 Å². The first-order valence-electron chi connectivity index (χ1n) is 8.91. The van der Waals surface area contributed by atoms with Crippen molar-refractivity contribution in [3.8, 4) is 17.2 Å². The molecule has 0 aromatic heterocycles. The molecule has 0 saturated carbocycles. The number of nitrogens with two attached hydrogens (primary N) is 1. The van der Waals surface area contributed by atoms with Gasteiger partial charge in [-0.1, -0.05) is 30.3 Å². The molecule has 31 heavy (non-hydrogen) atoms. The molecule has 5 nitrogen and oxygen atoms in total. The Hall–Kier alpha value is -3.20. The quantitative estimate of drug-likeness (QED) is 0.299. The van der Waals surface area contributed by atoms with Crippen LogP contribution in [-0.4, -0.2) is 35.7 Å². The van der Waals surface area contributed by atoms with E-state index in [0.29, 0.717) is 11.4 Å². The molecule has 0 spiro atoms. The molecule has 0 aliphatic rings. The number of nitrogen functional groups attached to an aromatic ring is 1. The van der Waals surface area contributed by atoms with Crippen LogP contribution in [0.2, 0.25) is 0 Å². The second-order valence-corrected chi connectivity index (χ2v) is 7.11. The molecule has 0 amide bonds.